The Morgan fingerprint density at radius 3 is 2.33 bits per heavy atom. The van der Waals surface area contributed by atoms with Crippen LogP contribution in [0.1, 0.15) is 34.1 Å². The quantitative estimate of drug-likeness (QED) is 0.684. The molecule has 0 radical (unpaired) electrons. The number of likely N-dealkylation sites (N-methyl/N-ethyl adjacent to an activating group) is 1. The van der Waals surface area contributed by atoms with Crippen molar-refractivity contribution in [1.29, 1.82) is 0 Å². The lowest BCUT2D eigenvalue weighted by Crippen LogP contribution is -2.55. The molecule has 0 rings (SSSR count). The zero-order valence-electron chi connectivity index (χ0n) is 10.5. The van der Waals surface area contributed by atoms with Gasteiger partial charge in [0, 0.05) is 19.2 Å². The lowest BCUT2D eigenvalue weighted by molar-refractivity contribution is -0.138. The molecule has 0 fully saturated rings. The van der Waals surface area contributed by atoms with Gasteiger partial charge in [0.05, 0.1) is 5.54 Å². The molecule has 0 spiro atoms. The molecule has 0 heterocycles. The molecule has 2 N–H and O–H groups in total. The van der Waals surface area contributed by atoms with Crippen molar-refractivity contribution in [2.75, 3.05) is 20.2 Å². The van der Waals surface area contributed by atoms with Crippen LogP contribution in [0.25, 0.3) is 0 Å². The van der Waals surface area contributed by atoms with Crippen molar-refractivity contribution >= 4 is 5.91 Å². The number of aliphatic hydroxyl groups excluding tert-OH is 1. The number of nitrogens with one attached hydrogen (secondary N) is 1. The summed E-state index contributed by atoms with van der Waals surface area (Å²) < 4.78 is 0. The maximum atomic E-state index is 12.1. The summed E-state index contributed by atoms with van der Waals surface area (Å²) in [5.41, 5.74) is -0.542. The van der Waals surface area contributed by atoms with Gasteiger partial charge >= 0.3 is 0 Å². The first kappa shape index (κ1) is 14.4. The summed E-state index contributed by atoms with van der Waals surface area (Å²) in [7, 11) is 1.78. The molecule has 15 heavy (non-hydrogen) atoms. The van der Waals surface area contributed by atoms with E-state index in [1.807, 2.05) is 27.7 Å². The predicted octanol–water partition coefficient (Wildman–Crippen LogP) is 0.604. The highest BCUT2D eigenvalue weighted by atomic mass is 16.3. The van der Waals surface area contributed by atoms with Gasteiger partial charge in [-0.15, -0.1) is 0 Å². The van der Waals surface area contributed by atoms with Crippen LogP contribution in [0.5, 0.6) is 0 Å². The molecule has 0 aliphatic rings. The molecule has 0 bridgehead atoms. The van der Waals surface area contributed by atoms with Crippen molar-refractivity contribution in [3.8, 4) is 0 Å². The van der Waals surface area contributed by atoms with Gasteiger partial charge in [0.25, 0.3) is 0 Å². The fourth-order valence-corrected chi connectivity index (χ4v) is 1.30. The van der Waals surface area contributed by atoms with Crippen LogP contribution in [-0.4, -0.2) is 47.7 Å². The molecule has 0 aromatic carbocycles. The number of nitrogens with zero attached hydrogens (tertiary/aromatic N) is 1. The van der Waals surface area contributed by atoms with Crippen LogP contribution in [0, 0.1) is 0 Å². The minimum Gasteiger partial charge on any atom is -0.396 e. The summed E-state index contributed by atoms with van der Waals surface area (Å²) in [4.78, 5) is 13.9. The summed E-state index contributed by atoms with van der Waals surface area (Å²) in [6, 6.07) is 0.164. The van der Waals surface area contributed by atoms with E-state index >= 15 is 0 Å². The van der Waals surface area contributed by atoms with Crippen LogP contribution in [0.15, 0.2) is 0 Å². The number of carbonyl (C=O) groups excluding carboxylic acids is 1. The van der Waals surface area contributed by atoms with E-state index in [4.69, 9.17) is 5.11 Å². The van der Waals surface area contributed by atoms with E-state index in [1.54, 1.807) is 11.9 Å². The second-order valence-electron chi connectivity index (χ2n) is 4.54. The van der Waals surface area contributed by atoms with Crippen molar-refractivity contribution in [3.63, 3.8) is 0 Å². The van der Waals surface area contributed by atoms with Gasteiger partial charge in [0.2, 0.25) is 5.91 Å². The highest BCUT2D eigenvalue weighted by molar-refractivity contribution is 5.85. The standard InChI is InChI=1S/C11H24N2O2/c1-9(2)13(7-6-8-14)10(15)11(3,4)12-5/h9,12,14H,6-8H2,1-5H3. The molecular formula is C11H24N2O2. The van der Waals surface area contributed by atoms with Crippen LogP contribution in [-0.2, 0) is 4.79 Å². The van der Waals surface area contributed by atoms with Crippen LogP contribution >= 0.6 is 0 Å². The SMILES string of the molecule is CNC(C)(C)C(=O)N(CCCO)C(C)C. The van der Waals surface area contributed by atoms with Gasteiger partial charge in [-0.3, -0.25) is 4.79 Å². The molecule has 0 aliphatic carbocycles. The molecule has 1 amide bonds. The molecule has 0 aromatic heterocycles. The van der Waals surface area contributed by atoms with Gasteiger partial charge < -0.3 is 15.3 Å². The Balaban J connectivity index is 4.55. The third-order valence-corrected chi connectivity index (χ3v) is 2.60. The molecule has 0 unspecified atom stereocenters. The first-order chi connectivity index (χ1) is 6.86. The second kappa shape index (κ2) is 6.08. The van der Waals surface area contributed by atoms with Gasteiger partial charge in [-0.2, -0.15) is 0 Å². The first-order valence-electron chi connectivity index (χ1n) is 5.47. The van der Waals surface area contributed by atoms with Gasteiger partial charge in [-0.25, -0.2) is 0 Å². The van der Waals surface area contributed by atoms with E-state index in [9.17, 15) is 4.79 Å². The molecule has 0 saturated heterocycles. The monoisotopic (exact) mass is 216 g/mol. The van der Waals surface area contributed by atoms with Crippen molar-refractivity contribution < 1.29 is 9.90 Å². The molecule has 0 atom stereocenters. The molecule has 0 aromatic rings. The summed E-state index contributed by atoms with van der Waals surface area (Å²) in [6.45, 7) is 8.43. The average Bonchev–Trinajstić information content (AvgIpc) is 2.17. The second-order valence-corrected chi connectivity index (χ2v) is 4.54. The number of hydrogen-bond acceptors (Lipinski definition) is 3. The highest BCUT2D eigenvalue weighted by Gasteiger charge is 2.31. The Morgan fingerprint density at radius 2 is 2.00 bits per heavy atom. The topological polar surface area (TPSA) is 52.6 Å². The van der Waals surface area contributed by atoms with Crippen LogP contribution in [0.3, 0.4) is 0 Å². The fraction of sp³-hybridized carbons (Fsp3) is 0.909. The zero-order chi connectivity index (χ0) is 12.1. The Morgan fingerprint density at radius 1 is 1.47 bits per heavy atom. The maximum Gasteiger partial charge on any atom is 0.242 e. The maximum absolute atomic E-state index is 12.1. The normalized spacial score (nSPS) is 11.9. The fourth-order valence-electron chi connectivity index (χ4n) is 1.30. The lowest BCUT2D eigenvalue weighted by atomic mass is 10.0. The molecule has 90 valence electrons. The largest absolute Gasteiger partial charge is 0.396 e. The van der Waals surface area contributed by atoms with E-state index < -0.39 is 5.54 Å². The first-order valence-corrected chi connectivity index (χ1v) is 5.47. The summed E-state index contributed by atoms with van der Waals surface area (Å²) in [6.07, 6.45) is 0.629. The van der Waals surface area contributed by atoms with Gasteiger partial charge in [0.1, 0.15) is 0 Å². The number of carbonyl (C=O) groups is 1. The molecule has 0 saturated carbocycles. The number of amides is 1. The minimum absolute atomic E-state index is 0.0773. The third kappa shape index (κ3) is 4.18. The van der Waals surface area contributed by atoms with Crippen molar-refractivity contribution in [2.45, 2.75) is 45.7 Å². The van der Waals surface area contributed by atoms with Gasteiger partial charge in [0.15, 0.2) is 0 Å². The minimum atomic E-state index is -0.542. The number of hydrogen-bond donors (Lipinski definition) is 2. The molecule has 4 heteroatoms. The third-order valence-electron chi connectivity index (χ3n) is 2.60. The Hall–Kier alpha value is -0.610. The summed E-state index contributed by atoms with van der Waals surface area (Å²) in [5, 5.41) is 11.8. The smallest absolute Gasteiger partial charge is 0.242 e. The van der Waals surface area contributed by atoms with Crippen molar-refractivity contribution in [3.05, 3.63) is 0 Å². The van der Waals surface area contributed by atoms with E-state index in [2.05, 4.69) is 5.32 Å². The zero-order valence-corrected chi connectivity index (χ0v) is 10.5. The van der Waals surface area contributed by atoms with Crippen molar-refractivity contribution in [1.82, 2.24) is 10.2 Å². The summed E-state index contributed by atoms with van der Waals surface area (Å²) in [5.74, 6) is 0.0773. The molecule has 4 nitrogen and oxygen atoms in total. The van der Waals surface area contributed by atoms with Gasteiger partial charge in [-0.05, 0) is 41.2 Å². The van der Waals surface area contributed by atoms with Gasteiger partial charge in [-0.1, -0.05) is 0 Å². The van der Waals surface area contributed by atoms with E-state index in [1.165, 1.54) is 0 Å². The lowest BCUT2D eigenvalue weighted by Gasteiger charge is -2.34. The highest BCUT2D eigenvalue weighted by Crippen LogP contribution is 2.11. The van der Waals surface area contributed by atoms with Crippen LogP contribution < -0.4 is 5.32 Å². The number of rotatable bonds is 6. The molecular weight excluding hydrogens is 192 g/mol. The van der Waals surface area contributed by atoms with Crippen molar-refractivity contribution in [2.24, 2.45) is 0 Å². The number of aliphatic hydroxyl groups is 1. The Bertz CT molecular complexity index is 203. The predicted molar refractivity (Wildman–Crippen MR) is 61.7 cm³/mol. The molecule has 0 aliphatic heterocycles. The van der Waals surface area contributed by atoms with Crippen LogP contribution in [0.2, 0.25) is 0 Å². The Labute approximate surface area is 92.7 Å². The average molecular weight is 216 g/mol. The van der Waals surface area contributed by atoms with Crippen LogP contribution in [0.4, 0.5) is 0 Å². The van der Waals surface area contributed by atoms with E-state index in [0.29, 0.717) is 13.0 Å². The van der Waals surface area contributed by atoms with E-state index in [-0.39, 0.29) is 18.6 Å². The summed E-state index contributed by atoms with van der Waals surface area (Å²) >= 11 is 0. The van der Waals surface area contributed by atoms with E-state index in [0.717, 1.165) is 0 Å². The Kier molecular flexibility index (Phi) is 5.83.